The number of carbonyl (C=O) groups is 1. The van der Waals surface area contributed by atoms with Crippen LogP contribution in [-0.2, 0) is 22.3 Å². The highest BCUT2D eigenvalue weighted by atomic mass is 32.2. The molecule has 5 nitrogen and oxygen atoms in total. The van der Waals surface area contributed by atoms with Gasteiger partial charge in [0.1, 0.15) is 5.76 Å². The molecule has 2 fully saturated rings. The van der Waals surface area contributed by atoms with Gasteiger partial charge in [-0.1, -0.05) is 49.1 Å². The molecule has 1 aromatic heterocycles. The topological polar surface area (TPSA) is 53.8 Å². The molecule has 0 radical (unpaired) electrons. The largest absolute Gasteiger partial charge is 0.455 e. The second-order valence-corrected chi connectivity index (χ2v) is 10.1. The predicted molar refractivity (Wildman–Crippen MR) is 120 cm³/mol. The van der Waals surface area contributed by atoms with Gasteiger partial charge in [0.2, 0.25) is 0 Å². The highest BCUT2D eigenvalue weighted by Gasteiger charge is 2.28. The van der Waals surface area contributed by atoms with Gasteiger partial charge in [-0.25, -0.2) is 0 Å². The van der Waals surface area contributed by atoms with Crippen LogP contribution in [0.15, 0.2) is 40.8 Å². The fourth-order valence-corrected chi connectivity index (χ4v) is 5.68. The molecule has 1 saturated carbocycles. The van der Waals surface area contributed by atoms with Gasteiger partial charge in [0.05, 0.1) is 5.75 Å². The molecule has 1 aliphatic carbocycles. The van der Waals surface area contributed by atoms with Gasteiger partial charge in [-0.15, -0.1) is 0 Å². The van der Waals surface area contributed by atoms with Crippen molar-refractivity contribution in [3.63, 3.8) is 0 Å². The highest BCUT2D eigenvalue weighted by molar-refractivity contribution is 7.83. The Hall–Kier alpha value is -1.92. The lowest BCUT2D eigenvalue weighted by Gasteiger charge is -2.40. The van der Waals surface area contributed by atoms with Crippen molar-refractivity contribution in [1.29, 1.82) is 0 Å². The normalized spacial score (nSPS) is 19.7. The van der Waals surface area contributed by atoms with Crippen molar-refractivity contribution in [3.8, 4) is 0 Å². The van der Waals surface area contributed by atoms with Gasteiger partial charge in [0.15, 0.2) is 5.76 Å². The first-order valence-corrected chi connectivity index (χ1v) is 12.6. The second-order valence-electron chi connectivity index (χ2n) is 8.60. The lowest BCUT2D eigenvalue weighted by Crippen LogP contribution is -2.52. The molecular formula is C24H32N2O3S. The van der Waals surface area contributed by atoms with E-state index in [1.807, 2.05) is 36.1 Å². The van der Waals surface area contributed by atoms with Gasteiger partial charge in [-0.2, -0.15) is 0 Å². The van der Waals surface area contributed by atoms with Crippen LogP contribution in [-0.4, -0.2) is 52.1 Å². The number of aryl methyl sites for hydroxylation is 1. The summed E-state index contributed by atoms with van der Waals surface area (Å²) in [5, 5.41) is 0. The summed E-state index contributed by atoms with van der Waals surface area (Å²) in [5.41, 5.74) is 2.25. The molecule has 30 heavy (non-hydrogen) atoms. The standard InChI is InChI=1S/C24H32N2O3S/c1-19-7-9-20(10-8-19)17-30(28)18-22-11-12-23(29-22)24(27)26-15-13-25(14-16-26)21-5-3-2-4-6-21/h7-12,21H,2-6,13-18H2,1H3/t30-/m0/s1. The molecule has 0 unspecified atom stereocenters. The summed E-state index contributed by atoms with van der Waals surface area (Å²) in [6.45, 7) is 5.45. The Morgan fingerprint density at radius 3 is 2.37 bits per heavy atom. The maximum Gasteiger partial charge on any atom is 0.289 e. The molecule has 0 bridgehead atoms. The third kappa shape index (κ3) is 5.41. The molecule has 2 heterocycles. The number of amides is 1. The van der Waals surface area contributed by atoms with E-state index >= 15 is 0 Å². The van der Waals surface area contributed by atoms with Gasteiger partial charge in [-0.05, 0) is 37.5 Å². The lowest BCUT2D eigenvalue weighted by molar-refractivity contribution is 0.0496. The van der Waals surface area contributed by atoms with E-state index in [9.17, 15) is 9.00 Å². The number of piperazine rings is 1. The molecule has 2 aliphatic rings. The monoisotopic (exact) mass is 428 g/mol. The first-order valence-electron chi connectivity index (χ1n) is 11.1. The second kappa shape index (κ2) is 9.92. The summed E-state index contributed by atoms with van der Waals surface area (Å²) in [6, 6.07) is 12.3. The highest BCUT2D eigenvalue weighted by Crippen LogP contribution is 2.24. The van der Waals surface area contributed by atoms with E-state index in [1.165, 1.54) is 37.7 Å². The molecular weight excluding hydrogens is 396 g/mol. The van der Waals surface area contributed by atoms with Crippen LogP contribution in [0, 0.1) is 6.92 Å². The van der Waals surface area contributed by atoms with Crippen LogP contribution in [0.25, 0.3) is 0 Å². The Kier molecular flexibility index (Phi) is 7.05. The van der Waals surface area contributed by atoms with Crippen molar-refractivity contribution >= 4 is 16.7 Å². The van der Waals surface area contributed by atoms with Gasteiger partial charge in [0.25, 0.3) is 5.91 Å². The molecule has 1 aromatic carbocycles. The average Bonchev–Trinajstić information content (AvgIpc) is 3.24. The van der Waals surface area contributed by atoms with E-state index < -0.39 is 10.8 Å². The molecule has 1 aliphatic heterocycles. The summed E-state index contributed by atoms with van der Waals surface area (Å²) < 4.78 is 18.3. The van der Waals surface area contributed by atoms with Crippen molar-refractivity contribution in [3.05, 3.63) is 59.0 Å². The van der Waals surface area contributed by atoms with E-state index in [0.717, 1.165) is 31.7 Å². The summed E-state index contributed by atoms with van der Waals surface area (Å²) in [6.07, 6.45) is 6.64. The average molecular weight is 429 g/mol. The first-order chi connectivity index (χ1) is 14.6. The number of hydrogen-bond acceptors (Lipinski definition) is 4. The van der Waals surface area contributed by atoms with Gasteiger partial charge in [-0.3, -0.25) is 13.9 Å². The van der Waals surface area contributed by atoms with Crippen molar-refractivity contribution in [2.75, 3.05) is 26.2 Å². The quantitative estimate of drug-likeness (QED) is 0.694. The Bertz CT molecular complexity index is 863. The zero-order valence-electron chi connectivity index (χ0n) is 17.8. The summed E-state index contributed by atoms with van der Waals surface area (Å²) in [4.78, 5) is 17.3. The number of hydrogen-bond donors (Lipinski definition) is 0. The number of rotatable bonds is 6. The van der Waals surface area contributed by atoms with Crippen molar-refractivity contribution < 1.29 is 13.4 Å². The van der Waals surface area contributed by atoms with Gasteiger partial charge >= 0.3 is 0 Å². The van der Waals surface area contributed by atoms with E-state index in [4.69, 9.17) is 4.42 Å². The Labute approximate surface area is 181 Å². The maximum atomic E-state index is 12.8. The summed E-state index contributed by atoms with van der Waals surface area (Å²) >= 11 is 0. The van der Waals surface area contributed by atoms with Crippen LogP contribution >= 0.6 is 0 Å². The number of benzene rings is 1. The van der Waals surface area contributed by atoms with Gasteiger partial charge < -0.3 is 9.32 Å². The SMILES string of the molecule is Cc1ccc(C[S@](=O)Cc2ccc(C(=O)N3CCN(C4CCCCC4)CC3)o2)cc1. The zero-order valence-corrected chi connectivity index (χ0v) is 18.7. The molecule has 162 valence electrons. The lowest BCUT2D eigenvalue weighted by atomic mass is 9.94. The van der Waals surface area contributed by atoms with Crippen molar-refractivity contribution in [1.82, 2.24) is 9.80 Å². The maximum absolute atomic E-state index is 12.8. The number of nitrogens with zero attached hydrogens (tertiary/aromatic N) is 2. The number of furan rings is 1. The van der Waals surface area contributed by atoms with Crippen LogP contribution in [0.4, 0.5) is 0 Å². The fraction of sp³-hybridized carbons (Fsp3) is 0.542. The minimum atomic E-state index is -1.07. The van der Waals surface area contributed by atoms with Crippen LogP contribution in [0.5, 0.6) is 0 Å². The van der Waals surface area contributed by atoms with Crippen molar-refractivity contribution in [2.45, 2.75) is 56.6 Å². The van der Waals surface area contributed by atoms with Crippen molar-refractivity contribution in [2.24, 2.45) is 0 Å². The smallest absolute Gasteiger partial charge is 0.289 e. The predicted octanol–water partition coefficient (Wildman–Crippen LogP) is 4.13. The Balaban J connectivity index is 1.27. The van der Waals surface area contributed by atoms with E-state index in [2.05, 4.69) is 4.90 Å². The third-order valence-corrected chi connectivity index (χ3v) is 7.58. The fourth-order valence-electron chi connectivity index (χ4n) is 4.54. The zero-order chi connectivity index (χ0) is 20.9. The van der Waals surface area contributed by atoms with E-state index in [0.29, 0.717) is 29.1 Å². The van der Waals surface area contributed by atoms with E-state index in [1.54, 1.807) is 12.1 Å². The summed E-state index contributed by atoms with van der Waals surface area (Å²) in [5.74, 6) is 1.76. The van der Waals surface area contributed by atoms with Crippen LogP contribution in [0.2, 0.25) is 0 Å². The molecule has 1 saturated heterocycles. The van der Waals surface area contributed by atoms with Crippen LogP contribution in [0.3, 0.4) is 0 Å². The molecule has 4 rings (SSSR count). The van der Waals surface area contributed by atoms with Crippen LogP contribution < -0.4 is 0 Å². The Morgan fingerprint density at radius 2 is 1.67 bits per heavy atom. The van der Waals surface area contributed by atoms with E-state index in [-0.39, 0.29) is 5.91 Å². The number of carbonyl (C=O) groups excluding carboxylic acids is 1. The molecule has 2 aromatic rings. The summed E-state index contributed by atoms with van der Waals surface area (Å²) in [7, 11) is -1.07. The molecule has 1 atom stereocenters. The molecule has 6 heteroatoms. The molecule has 1 amide bonds. The molecule has 0 spiro atoms. The Morgan fingerprint density at radius 1 is 0.967 bits per heavy atom. The minimum Gasteiger partial charge on any atom is -0.455 e. The third-order valence-electron chi connectivity index (χ3n) is 6.32. The molecule has 0 N–H and O–H groups in total. The minimum absolute atomic E-state index is 0.0474. The van der Waals surface area contributed by atoms with Crippen LogP contribution in [0.1, 0.15) is 59.5 Å². The first kappa shape index (κ1) is 21.3. The van der Waals surface area contributed by atoms with Gasteiger partial charge in [0, 0.05) is 48.8 Å².